The number of halogens is 1. The zero-order valence-corrected chi connectivity index (χ0v) is 10.8. The van der Waals surface area contributed by atoms with E-state index in [1.165, 1.54) is 11.8 Å². The summed E-state index contributed by atoms with van der Waals surface area (Å²) >= 11 is 7.36. The highest BCUT2D eigenvalue weighted by Crippen LogP contribution is 2.24. The molecule has 17 heavy (non-hydrogen) atoms. The Kier molecular flexibility index (Phi) is 4.42. The van der Waals surface area contributed by atoms with Gasteiger partial charge in [-0.25, -0.2) is 0 Å². The second-order valence-corrected chi connectivity index (χ2v) is 4.71. The lowest BCUT2D eigenvalue weighted by Crippen LogP contribution is -1.90. The second kappa shape index (κ2) is 6.05. The highest BCUT2D eigenvalue weighted by Gasteiger charge is 2.08. The van der Waals surface area contributed by atoms with E-state index in [1.54, 1.807) is 19.2 Å². The quantitative estimate of drug-likeness (QED) is 0.617. The Morgan fingerprint density at radius 1 is 1.41 bits per heavy atom. The molecule has 0 saturated carbocycles. The number of nitrogens with zero attached hydrogens (tertiary/aromatic N) is 2. The Hall–Kier alpha value is -1.04. The predicted molar refractivity (Wildman–Crippen MR) is 67.3 cm³/mol. The first-order valence-corrected chi connectivity index (χ1v) is 6.37. The normalized spacial score (nSPS) is 10.7. The highest BCUT2D eigenvalue weighted by molar-refractivity contribution is 7.99. The fraction of sp³-hybridized carbons (Fsp3) is 0.273. The molecule has 0 saturated heterocycles. The van der Waals surface area contributed by atoms with Crippen molar-refractivity contribution in [2.24, 2.45) is 0 Å². The molecule has 1 heterocycles. The topological polar surface area (TPSA) is 48.2 Å². The van der Waals surface area contributed by atoms with Gasteiger partial charge in [-0.15, -0.1) is 10.2 Å². The van der Waals surface area contributed by atoms with Gasteiger partial charge >= 0.3 is 0 Å². The van der Waals surface area contributed by atoms with Gasteiger partial charge in [-0.2, -0.15) is 0 Å². The van der Waals surface area contributed by atoms with Gasteiger partial charge in [0.1, 0.15) is 0 Å². The molecule has 0 aliphatic heterocycles. The van der Waals surface area contributed by atoms with E-state index >= 15 is 0 Å². The summed E-state index contributed by atoms with van der Waals surface area (Å²) in [5.41, 5.74) is 0.823. The van der Waals surface area contributed by atoms with Crippen molar-refractivity contribution in [1.82, 2.24) is 10.2 Å². The highest BCUT2D eigenvalue weighted by atomic mass is 35.5. The number of rotatable bonds is 5. The van der Waals surface area contributed by atoms with Crippen LogP contribution in [-0.4, -0.2) is 29.7 Å². The summed E-state index contributed by atoms with van der Waals surface area (Å²) in [6, 6.07) is 7.32. The van der Waals surface area contributed by atoms with Crippen LogP contribution in [-0.2, 0) is 4.74 Å². The van der Waals surface area contributed by atoms with Gasteiger partial charge in [-0.1, -0.05) is 29.4 Å². The number of methoxy groups -OCH3 is 1. The van der Waals surface area contributed by atoms with E-state index in [-0.39, 0.29) is 0 Å². The summed E-state index contributed by atoms with van der Waals surface area (Å²) in [5, 5.41) is 9.10. The van der Waals surface area contributed by atoms with E-state index in [0.29, 0.717) is 22.7 Å². The maximum absolute atomic E-state index is 5.89. The molecule has 0 aliphatic carbocycles. The molecule has 1 aromatic carbocycles. The van der Waals surface area contributed by atoms with E-state index in [2.05, 4.69) is 10.2 Å². The SMILES string of the molecule is COCCSc1nnc(-c2cccc(Cl)c2)o1. The van der Waals surface area contributed by atoms with E-state index < -0.39 is 0 Å². The van der Waals surface area contributed by atoms with Crippen LogP contribution in [0.1, 0.15) is 0 Å². The molecular weight excluding hydrogens is 260 g/mol. The standard InChI is InChI=1S/C11H11ClN2O2S/c1-15-5-6-17-11-14-13-10(16-11)8-3-2-4-9(12)7-8/h2-4,7H,5-6H2,1H3. The van der Waals surface area contributed by atoms with Gasteiger partial charge in [-0.05, 0) is 18.2 Å². The molecule has 0 aliphatic rings. The molecule has 0 radical (unpaired) electrons. The minimum atomic E-state index is 0.479. The van der Waals surface area contributed by atoms with Crippen LogP contribution in [0.5, 0.6) is 0 Å². The van der Waals surface area contributed by atoms with E-state index in [0.717, 1.165) is 11.3 Å². The Morgan fingerprint density at radius 3 is 3.06 bits per heavy atom. The second-order valence-electron chi connectivity index (χ2n) is 3.22. The number of thioether (sulfide) groups is 1. The summed E-state index contributed by atoms with van der Waals surface area (Å²) in [6.45, 7) is 0.652. The van der Waals surface area contributed by atoms with Crippen LogP contribution in [0.2, 0.25) is 5.02 Å². The number of ether oxygens (including phenoxy) is 1. The minimum absolute atomic E-state index is 0.479. The first-order chi connectivity index (χ1) is 8.29. The molecule has 0 N–H and O–H groups in total. The van der Waals surface area contributed by atoms with Crippen LogP contribution in [0.25, 0.3) is 11.5 Å². The van der Waals surface area contributed by atoms with Gasteiger partial charge in [0.15, 0.2) is 0 Å². The Morgan fingerprint density at radius 2 is 2.29 bits per heavy atom. The number of hydrogen-bond donors (Lipinski definition) is 0. The molecule has 0 unspecified atom stereocenters. The number of benzene rings is 1. The van der Waals surface area contributed by atoms with Crippen molar-refractivity contribution in [3.63, 3.8) is 0 Å². The number of hydrogen-bond acceptors (Lipinski definition) is 5. The lowest BCUT2D eigenvalue weighted by Gasteiger charge is -1.95. The van der Waals surface area contributed by atoms with Crippen LogP contribution >= 0.6 is 23.4 Å². The van der Waals surface area contributed by atoms with Gasteiger partial charge in [0.05, 0.1) is 6.61 Å². The molecule has 0 atom stereocenters. The van der Waals surface area contributed by atoms with Gasteiger partial charge in [0.25, 0.3) is 5.22 Å². The zero-order valence-electron chi connectivity index (χ0n) is 9.22. The summed E-state index contributed by atoms with van der Waals surface area (Å²) < 4.78 is 10.4. The molecule has 2 aromatic rings. The van der Waals surface area contributed by atoms with Crippen molar-refractivity contribution < 1.29 is 9.15 Å². The van der Waals surface area contributed by atoms with Crippen molar-refractivity contribution in [2.75, 3.05) is 19.5 Å². The molecule has 1 aromatic heterocycles. The van der Waals surface area contributed by atoms with Crippen molar-refractivity contribution in [1.29, 1.82) is 0 Å². The molecule has 2 rings (SSSR count). The summed E-state index contributed by atoms with van der Waals surface area (Å²) in [6.07, 6.45) is 0. The average Bonchev–Trinajstić information content (AvgIpc) is 2.78. The van der Waals surface area contributed by atoms with Crippen molar-refractivity contribution in [3.8, 4) is 11.5 Å². The van der Waals surface area contributed by atoms with E-state index in [9.17, 15) is 0 Å². The zero-order chi connectivity index (χ0) is 12.1. The van der Waals surface area contributed by atoms with Crippen LogP contribution in [0.15, 0.2) is 33.9 Å². The van der Waals surface area contributed by atoms with Crippen molar-refractivity contribution in [3.05, 3.63) is 29.3 Å². The molecule has 6 heteroatoms. The Balaban J connectivity index is 2.07. The van der Waals surface area contributed by atoms with Gasteiger partial charge in [0.2, 0.25) is 5.89 Å². The molecule has 90 valence electrons. The third kappa shape index (κ3) is 3.46. The average molecular weight is 271 g/mol. The van der Waals surface area contributed by atoms with Gasteiger partial charge in [0, 0.05) is 23.4 Å². The minimum Gasteiger partial charge on any atom is -0.411 e. The van der Waals surface area contributed by atoms with Crippen molar-refractivity contribution >= 4 is 23.4 Å². The first-order valence-electron chi connectivity index (χ1n) is 5.01. The monoisotopic (exact) mass is 270 g/mol. The van der Waals surface area contributed by atoms with Crippen LogP contribution in [0.3, 0.4) is 0 Å². The molecule has 0 fully saturated rings. The third-order valence-corrected chi connectivity index (χ3v) is 3.01. The Labute approximate surface area is 108 Å². The van der Waals surface area contributed by atoms with Crippen molar-refractivity contribution in [2.45, 2.75) is 5.22 Å². The van der Waals surface area contributed by atoms with E-state index in [1.807, 2.05) is 12.1 Å². The Bertz CT molecular complexity index is 490. The van der Waals surface area contributed by atoms with Crippen LogP contribution in [0, 0.1) is 0 Å². The third-order valence-electron chi connectivity index (χ3n) is 1.99. The maximum atomic E-state index is 5.89. The fourth-order valence-corrected chi connectivity index (χ4v) is 2.07. The predicted octanol–water partition coefficient (Wildman–Crippen LogP) is 3.13. The molecule has 0 bridgehead atoms. The van der Waals surface area contributed by atoms with E-state index in [4.69, 9.17) is 20.8 Å². The molecule has 4 nitrogen and oxygen atoms in total. The largest absolute Gasteiger partial charge is 0.411 e. The lowest BCUT2D eigenvalue weighted by molar-refractivity contribution is 0.218. The lowest BCUT2D eigenvalue weighted by atomic mass is 10.2. The maximum Gasteiger partial charge on any atom is 0.276 e. The molecule has 0 amide bonds. The molecule has 0 spiro atoms. The van der Waals surface area contributed by atoms with Gasteiger partial charge < -0.3 is 9.15 Å². The summed E-state index contributed by atoms with van der Waals surface area (Å²) in [7, 11) is 1.66. The summed E-state index contributed by atoms with van der Waals surface area (Å²) in [5.74, 6) is 1.26. The smallest absolute Gasteiger partial charge is 0.276 e. The van der Waals surface area contributed by atoms with Crippen LogP contribution in [0.4, 0.5) is 0 Å². The summed E-state index contributed by atoms with van der Waals surface area (Å²) in [4.78, 5) is 0. The number of aromatic nitrogens is 2. The van der Waals surface area contributed by atoms with Crippen LogP contribution < -0.4 is 0 Å². The van der Waals surface area contributed by atoms with Gasteiger partial charge in [-0.3, -0.25) is 0 Å². The molecular formula is C11H11ClN2O2S. The first kappa shape index (κ1) is 12.4. The fourth-order valence-electron chi connectivity index (χ4n) is 1.22.